The molecule has 0 atom stereocenters. The summed E-state index contributed by atoms with van der Waals surface area (Å²) in [6.45, 7) is 2.42. The first-order chi connectivity index (χ1) is 15.8. The molecule has 3 heterocycles. The molecule has 1 fully saturated rings. The second-order valence-electron chi connectivity index (χ2n) is 7.84. The minimum Gasteiger partial charge on any atom is -0.375 e. The predicted octanol–water partition coefficient (Wildman–Crippen LogP) is 4.56. The number of nitrogens with two attached hydrogens (primary N) is 1. The smallest absolute Gasteiger partial charge is 0.375 e. The average molecular weight is 573 g/mol. The Morgan fingerprint density at radius 1 is 1.19 bits per heavy atom. The summed E-state index contributed by atoms with van der Waals surface area (Å²) in [5, 5.41) is 7.10. The summed E-state index contributed by atoms with van der Waals surface area (Å²) in [5.74, 6) is -2.59. The Balaban J connectivity index is 0.00000239. The zero-order valence-corrected chi connectivity index (χ0v) is 25.3. The molecule has 1 amide bonds. The van der Waals surface area contributed by atoms with Crippen LogP contribution in [0.15, 0.2) is 42.9 Å². The van der Waals surface area contributed by atoms with Gasteiger partial charge in [-0.15, -0.1) is 6.07 Å². The Morgan fingerprint density at radius 2 is 1.92 bits per heavy atom. The number of benzene rings is 1. The molecule has 0 spiro atoms. The maximum Gasteiger partial charge on any atom is 2.00 e. The Bertz CT molecular complexity index is 1090. The van der Waals surface area contributed by atoms with Crippen molar-refractivity contribution in [1.82, 2.24) is 14.8 Å². The predicted molar refractivity (Wildman–Crippen MR) is 144 cm³/mol. The van der Waals surface area contributed by atoms with Crippen LogP contribution in [0.4, 0.5) is 20.3 Å². The third-order valence-corrected chi connectivity index (χ3v) is 5.54. The van der Waals surface area contributed by atoms with E-state index in [-0.39, 0.29) is 85.6 Å². The Kier molecular flexibility index (Phi) is 14.6. The number of carbonyl (C=O) groups excluding carboxylic acids is 1. The summed E-state index contributed by atoms with van der Waals surface area (Å²) < 4.78 is 29.5. The Labute approximate surface area is 250 Å². The summed E-state index contributed by atoms with van der Waals surface area (Å²) in [4.78, 5) is 19.7. The van der Waals surface area contributed by atoms with Crippen LogP contribution in [-0.4, -0.2) is 92.2 Å². The molecule has 7 nitrogen and oxygen atoms in total. The van der Waals surface area contributed by atoms with E-state index in [2.05, 4.69) is 27.2 Å². The number of amides is 1. The molecule has 4 rings (SSSR count). The maximum atomic E-state index is 13.9. The van der Waals surface area contributed by atoms with Gasteiger partial charge in [0, 0.05) is 56.5 Å². The summed E-state index contributed by atoms with van der Waals surface area (Å²) in [6.07, 6.45) is 5.18. The van der Waals surface area contributed by atoms with Crippen molar-refractivity contribution in [1.29, 1.82) is 0 Å². The number of halogens is 2. The minimum absolute atomic E-state index is 0. The summed E-state index contributed by atoms with van der Waals surface area (Å²) in [7, 11) is 3.32. The van der Waals surface area contributed by atoms with Crippen molar-refractivity contribution in [2.75, 3.05) is 30.4 Å². The van der Waals surface area contributed by atoms with E-state index in [4.69, 9.17) is 0 Å². The van der Waals surface area contributed by atoms with Gasteiger partial charge in [0.1, 0.15) is 5.82 Å². The number of nitrogens with one attached hydrogen (secondary N) is 1. The molecule has 36 heavy (non-hydrogen) atoms. The number of rotatable bonds is 4. The fourth-order valence-electron chi connectivity index (χ4n) is 3.89. The van der Waals surface area contributed by atoms with E-state index in [0.717, 1.165) is 16.7 Å². The van der Waals surface area contributed by atoms with Crippen molar-refractivity contribution < 1.29 is 13.6 Å². The van der Waals surface area contributed by atoms with Gasteiger partial charge in [-0.2, -0.15) is 29.4 Å². The van der Waals surface area contributed by atoms with E-state index in [0.29, 0.717) is 30.0 Å². The van der Waals surface area contributed by atoms with E-state index >= 15 is 0 Å². The quantitative estimate of drug-likeness (QED) is 0.353. The van der Waals surface area contributed by atoms with E-state index in [1.165, 1.54) is 7.05 Å². The molecule has 2 aromatic heterocycles. The third kappa shape index (κ3) is 8.34. The van der Waals surface area contributed by atoms with Gasteiger partial charge in [-0.1, -0.05) is 5.69 Å². The van der Waals surface area contributed by atoms with Crippen LogP contribution < -0.4 is 16.0 Å². The zero-order valence-electron chi connectivity index (χ0n) is 21.8. The third-order valence-electron chi connectivity index (χ3n) is 5.54. The van der Waals surface area contributed by atoms with Gasteiger partial charge in [-0.25, -0.2) is 13.8 Å². The molecule has 1 aliphatic rings. The normalized spacial score (nSPS) is 14.0. The van der Waals surface area contributed by atoms with Crippen molar-refractivity contribution >= 4 is 62.9 Å². The van der Waals surface area contributed by atoms with Crippen LogP contribution in [0.2, 0.25) is 0 Å². The number of aryl methyl sites for hydroxylation is 1. The molecule has 1 aliphatic heterocycles. The number of anilines is 2. The molecule has 0 saturated carbocycles. The number of aromatic nitrogens is 3. The van der Waals surface area contributed by atoms with Crippen LogP contribution in [0, 0.1) is 27.8 Å². The molecule has 0 aliphatic carbocycles. The van der Waals surface area contributed by atoms with Crippen LogP contribution in [-0.2, 0) is 7.05 Å². The number of pyridine rings is 1. The Morgan fingerprint density at radius 3 is 2.53 bits per heavy atom. The van der Waals surface area contributed by atoms with Gasteiger partial charge >= 0.3 is 45.5 Å². The van der Waals surface area contributed by atoms with Gasteiger partial charge in [0.15, 0.2) is 0 Å². The van der Waals surface area contributed by atoms with Crippen LogP contribution in [0.25, 0.3) is 11.1 Å². The molecule has 3 aromatic rings. The first-order valence-electron chi connectivity index (χ1n) is 10.8. The average Bonchev–Trinajstić information content (AvgIpc) is 3.14. The second-order valence-corrected chi connectivity index (χ2v) is 7.84. The van der Waals surface area contributed by atoms with Gasteiger partial charge in [-0.3, -0.25) is 9.48 Å². The van der Waals surface area contributed by atoms with E-state index in [1.807, 2.05) is 20.2 Å². The SMILES string of the molecule is CN.Cc1c(-c2cnn(C)c2)cnc(N2CCCC(F)(F)CC2)c1C(=O)Nc1c[c-]ccc1.[CH3-].[CH3-].[Sr+2]. The molecule has 1 saturated heterocycles. The van der Waals surface area contributed by atoms with E-state index in [9.17, 15) is 13.6 Å². The number of hydrogen-bond donors (Lipinski definition) is 2. The molecular formula is C26H35F2N6OSr-. The van der Waals surface area contributed by atoms with Crippen LogP contribution >= 0.6 is 0 Å². The maximum absolute atomic E-state index is 13.9. The van der Waals surface area contributed by atoms with Crippen LogP contribution in [0.1, 0.15) is 35.2 Å². The van der Waals surface area contributed by atoms with Gasteiger partial charge < -0.3 is 30.8 Å². The molecule has 0 radical (unpaired) electrons. The van der Waals surface area contributed by atoms with E-state index in [1.54, 1.807) is 46.2 Å². The largest absolute Gasteiger partial charge is 2.00 e. The minimum atomic E-state index is -2.69. The fourth-order valence-corrected chi connectivity index (χ4v) is 3.89. The molecule has 0 unspecified atom stereocenters. The monoisotopic (exact) mass is 573 g/mol. The molecular weight excluding hydrogens is 538 g/mol. The fraction of sp³-hybridized carbons (Fsp3) is 0.346. The molecule has 192 valence electrons. The first kappa shape index (κ1) is 34.2. The molecule has 1 aromatic carbocycles. The number of hydrogen-bond acceptors (Lipinski definition) is 5. The molecule has 3 N–H and O–H groups in total. The zero-order chi connectivity index (χ0) is 24.0. The van der Waals surface area contributed by atoms with Gasteiger partial charge in [-0.05, 0) is 26.0 Å². The standard InChI is InChI=1S/C23H24F2N5O.CH5N.2CH3.Sr/c1-16-19(17-13-27-29(2)15-17)14-26-21(30-11-6-9-23(24,25)10-12-30)20(16)22(31)28-18-7-4-3-5-8-18;1-2;;;/h3-4,7-8,13-15H,6,9-12H2,1-2H3,(H,28,31);2H2,1H3;2*1H3;/q-1;;2*-1;+2. The van der Waals surface area contributed by atoms with Crippen molar-refractivity contribution in [2.24, 2.45) is 12.8 Å². The molecule has 0 bridgehead atoms. The summed E-state index contributed by atoms with van der Waals surface area (Å²) in [5.41, 5.74) is 7.83. The number of carbonyl (C=O) groups is 1. The van der Waals surface area contributed by atoms with Crippen molar-refractivity contribution in [2.45, 2.75) is 32.1 Å². The van der Waals surface area contributed by atoms with Crippen LogP contribution in [0.5, 0.6) is 0 Å². The molecule has 10 heteroatoms. The topological polar surface area (TPSA) is 89.1 Å². The second kappa shape index (κ2) is 15.4. The number of nitrogens with zero attached hydrogens (tertiary/aromatic N) is 4. The van der Waals surface area contributed by atoms with Crippen molar-refractivity contribution in [3.8, 4) is 11.1 Å². The van der Waals surface area contributed by atoms with Gasteiger partial charge in [0.25, 0.3) is 0 Å². The number of alkyl halides is 2. The van der Waals surface area contributed by atoms with Crippen molar-refractivity contribution in [3.63, 3.8) is 0 Å². The van der Waals surface area contributed by atoms with Gasteiger partial charge in [0.05, 0.1) is 11.8 Å². The van der Waals surface area contributed by atoms with Crippen molar-refractivity contribution in [3.05, 3.63) is 74.9 Å². The van der Waals surface area contributed by atoms with Crippen LogP contribution in [0.3, 0.4) is 0 Å². The summed E-state index contributed by atoms with van der Waals surface area (Å²) in [6, 6.07) is 9.91. The first-order valence-corrected chi connectivity index (χ1v) is 10.8. The van der Waals surface area contributed by atoms with Gasteiger partial charge in [0.2, 0.25) is 11.8 Å². The van der Waals surface area contributed by atoms with E-state index < -0.39 is 5.92 Å². The summed E-state index contributed by atoms with van der Waals surface area (Å²) >= 11 is 0. The Hall–Kier alpha value is -1.85.